The first-order chi connectivity index (χ1) is 15.3. The first kappa shape index (κ1) is 24.7. The predicted octanol–water partition coefficient (Wildman–Crippen LogP) is 3.58. The van der Waals surface area contributed by atoms with Crippen molar-refractivity contribution in [2.75, 3.05) is 24.2 Å². The summed E-state index contributed by atoms with van der Waals surface area (Å²) >= 11 is 0. The van der Waals surface area contributed by atoms with Gasteiger partial charge in [-0.15, -0.1) is 0 Å². The van der Waals surface area contributed by atoms with E-state index in [0.717, 1.165) is 18.5 Å². The molecule has 33 heavy (non-hydrogen) atoms. The van der Waals surface area contributed by atoms with Gasteiger partial charge in [0.15, 0.2) is 15.6 Å². The molecule has 11 heteroatoms. The lowest BCUT2D eigenvalue weighted by Gasteiger charge is -2.25. The van der Waals surface area contributed by atoms with Gasteiger partial charge in [-0.05, 0) is 35.7 Å². The van der Waals surface area contributed by atoms with Gasteiger partial charge in [-0.25, -0.2) is 18.2 Å². The lowest BCUT2D eigenvalue weighted by Crippen LogP contribution is -2.41. The highest BCUT2D eigenvalue weighted by molar-refractivity contribution is 7.90. The number of sulfone groups is 1. The number of Topliss-reactive ketones (excluding diaryl/α,β-unsaturated/α-hetero) is 1. The lowest BCUT2D eigenvalue weighted by atomic mass is 10.0. The maximum absolute atomic E-state index is 13.0. The molecule has 0 N–H and O–H groups in total. The number of carbonyl (C=O) groups excluding carboxylic acids is 2. The van der Waals surface area contributed by atoms with Crippen LogP contribution in [0.4, 0.5) is 23.7 Å². The molecule has 3 rings (SSSR count). The van der Waals surface area contributed by atoms with E-state index in [1.165, 1.54) is 28.0 Å². The third-order valence-corrected chi connectivity index (χ3v) is 6.55. The van der Waals surface area contributed by atoms with Crippen LogP contribution >= 0.6 is 0 Å². The average Bonchev–Trinajstić information content (AvgIpc) is 3.03. The average molecular weight is 484 g/mol. The zero-order valence-electron chi connectivity index (χ0n) is 18.3. The van der Waals surface area contributed by atoms with Crippen LogP contribution < -0.4 is 4.90 Å². The van der Waals surface area contributed by atoms with Crippen molar-refractivity contribution in [3.05, 3.63) is 53.9 Å². The van der Waals surface area contributed by atoms with E-state index < -0.39 is 27.7 Å². The number of rotatable bonds is 7. The fraction of sp³-hybridized carbons (Fsp3) is 0.409. The van der Waals surface area contributed by atoms with E-state index in [-0.39, 0.29) is 47.8 Å². The SMILES string of the molecule is CC(C)[C@H]1CN(c2ccc(C(F)(F)F)nc2)C(=O)N1CC(=O)Cc1cccc(S(C)(=O)=O)c1. The molecule has 0 aliphatic carbocycles. The number of anilines is 1. The Balaban J connectivity index is 1.76. The first-order valence-electron chi connectivity index (χ1n) is 10.2. The molecule has 0 bridgehead atoms. The van der Waals surface area contributed by atoms with Gasteiger partial charge >= 0.3 is 12.2 Å². The molecule has 0 unspecified atom stereocenters. The molecule has 7 nitrogen and oxygen atoms in total. The Morgan fingerprint density at radius 2 is 1.91 bits per heavy atom. The molecule has 0 saturated carbocycles. The number of ketones is 1. The van der Waals surface area contributed by atoms with Crippen molar-refractivity contribution in [1.29, 1.82) is 0 Å². The number of nitrogens with zero attached hydrogens (tertiary/aromatic N) is 3. The largest absolute Gasteiger partial charge is 0.433 e. The summed E-state index contributed by atoms with van der Waals surface area (Å²) in [6.45, 7) is 3.79. The number of amides is 2. The second-order valence-corrected chi connectivity index (χ2v) is 10.4. The van der Waals surface area contributed by atoms with Gasteiger partial charge in [-0.2, -0.15) is 13.2 Å². The number of alkyl halides is 3. The molecule has 1 atom stereocenters. The van der Waals surface area contributed by atoms with Crippen molar-refractivity contribution < 1.29 is 31.2 Å². The highest BCUT2D eigenvalue weighted by atomic mass is 32.2. The Labute approximate surface area is 190 Å². The summed E-state index contributed by atoms with van der Waals surface area (Å²) in [5.41, 5.74) is -0.324. The third-order valence-electron chi connectivity index (χ3n) is 5.44. The lowest BCUT2D eigenvalue weighted by molar-refractivity contribution is -0.141. The van der Waals surface area contributed by atoms with Crippen LogP contribution in [-0.2, 0) is 27.2 Å². The second-order valence-electron chi connectivity index (χ2n) is 8.37. The molecule has 1 saturated heterocycles. The molecule has 0 spiro atoms. The minimum Gasteiger partial charge on any atom is -0.312 e. The minimum atomic E-state index is -4.58. The zero-order chi connectivity index (χ0) is 24.6. The molecule has 2 amide bonds. The van der Waals surface area contributed by atoms with Crippen LogP contribution in [0.1, 0.15) is 25.1 Å². The maximum Gasteiger partial charge on any atom is 0.433 e. The second kappa shape index (κ2) is 9.12. The smallest absolute Gasteiger partial charge is 0.312 e. The molecule has 1 aromatic carbocycles. The number of halogens is 3. The quantitative estimate of drug-likeness (QED) is 0.601. The van der Waals surface area contributed by atoms with E-state index >= 15 is 0 Å². The van der Waals surface area contributed by atoms with Crippen molar-refractivity contribution in [3.8, 4) is 0 Å². The maximum atomic E-state index is 13.0. The number of carbonyl (C=O) groups is 2. The Kier molecular flexibility index (Phi) is 6.83. The Morgan fingerprint density at radius 1 is 1.21 bits per heavy atom. The highest BCUT2D eigenvalue weighted by Crippen LogP contribution is 2.31. The number of urea groups is 1. The van der Waals surface area contributed by atoms with Crippen LogP contribution in [0.15, 0.2) is 47.5 Å². The van der Waals surface area contributed by atoms with Gasteiger partial charge in [0.1, 0.15) is 5.69 Å². The third kappa shape index (κ3) is 5.70. The van der Waals surface area contributed by atoms with Gasteiger partial charge in [0.05, 0.1) is 29.4 Å². The van der Waals surface area contributed by atoms with Crippen LogP contribution in [0.2, 0.25) is 0 Å². The number of hydrogen-bond acceptors (Lipinski definition) is 5. The zero-order valence-corrected chi connectivity index (χ0v) is 19.2. The highest BCUT2D eigenvalue weighted by Gasteiger charge is 2.41. The van der Waals surface area contributed by atoms with Crippen molar-refractivity contribution in [1.82, 2.24) is 9.88 Å². The fourth-order valence-electron chi connectivity index (χ4n) is 3.71. The van der Waals surface area contributed by atoms with E-state index in [4.69, 9.17) is 0 Å². The summed E-state index contributed by atoms with van der Waals surface area (Å²) in [6.07, 6.45) is -2.56. The molecular formula is C22H24F3N3O4S. The Hall–Kier alpha value is -2.95. The van der Waals surface area contributed by atoms with E-state index in [1.54, 1.807) is 12.1 Å². The summed E-state index contributed by atoms with van der Waals surface area (Å²) in [4.78, 5) is 32.0. The summed E-state index contributed by atoms with van der Waals surface area (Å²) in [5.74, 6) is -0.297. The Bertz CT molecular complexity index is 1150. The molecule has 2 heterocycles. The normalized spacial score (nSPS) is 17.2. The molecule has 178 valence electrons. The van der Waals surface area contributed by atoms with Gasteiger partial charge in [-0.3, -0.25) is 9.69 Å². The molecule has 1 aromatic heterocycles. The number of aromatic nitrogens is 1. The fourth-order valence-corrected chi connectivity index (χ4v) is 4.40. The van der Waals surface area contributed by atoms with Gasteiger partial charge < -0.3 is 4.90 Å². The number of pyridine rings is 1. The molecule has 0 radical (unpaired) electrons. The standard InChI is InChI=1S/C22H24F3N3O4S/c1-14(2)19-13-27(16-7-8-20(26-11-16)22(23,24)25)21(30)28(19)12-17(29)9-15-5-4-6-18(10-15)33(3,31)32/h4-8,10-11,14,19H,9,12-13H2,1-3H3/t19-/m1/s1. The van der Waals surface area contributed by atoms with Crippen molar-refractivity contribution >= 4 is 27.3 Å². The van der Waals surface area contributed by atoms with E-state index in [1.807, 2.05) is 13.8 Å². The number of hydrogen-bond donors (Lipinski definition) is 0. The van der Waals surface area contributed by atoms with Crippen molar-refractivity contribution in [2.24, 2.45) is 5.92 Å². The topological polar surface area (TPSA) is 87.7 Å². The summed E-state index contributed by atoms with van der Waals surface area (Å²) in [6, 6.07) is 7.24. The number of benzene rings is 1. The van der Waals surface area contributed by atoms with E-state index in [0.29, 0.717) is 5.56 Å². The van der Waals surface area contributed by atoms with Gasteiger partial charge in [0.25, 0.3) is 0 Å². The van der Waals surface area contributed by atoms with Gasteiger partial charge in [0, 0.05) is 19.2 Å². The van der Waals surface area contributed by atoms with Crippen LogP contribution in [0, 0.1) is 5.92 Å². The minimum absolute atomic E-state index is 0.0114. The Morgan fingerprint density at radius 3 is 2.45 bits per heavy atom. The van der Waals surface area contributed by atoms with Gasteiger partial charge in [-0.1, -0.05) is 26.0 Å². The monoisotopic (exact) mass is 483 g/mol. The predicted molar refractivity (Wildman–Crippen MR) is 116 cm³/mol. The summed E-state index contributed by atoms with van der Waals surface area (Å²) in [5, 5.41) is 0. The van der Waals surface area contributed by atoms with E-state index in [9.17, 15) is 31.2 Å². The molecule has 2 aromatic rings. The van der Waals surface area contributed by atoms with Crippen LogP contribution in [0.25, 0.3) is 0 Å². The molecule has 1 fully saturated rings. The molecule has 1 aliphatic rings. The molecule has 1 aliphatic heterocycles. The van der Waals surface area contributed by atoms with Crippen LogP contribution in [0.3, 0.4) is 0 Å². The summed E-state index contributed by atoms with van der Waals surface area (Å²) < 4.78 is 61.9. The van der Waals surface area contributed by atoms with Crippen LogP contribution in [-0.4, -0.2) is 55.5 Å². The van der Waals surface area contributed by atoms with Crippen LogP contribution in [0.5, 0.6) is 0 Å². The summed E-state index contributed by atoms with van der Waals surface area (Å²) in [7, 11) is -3.42. The van der Waals surface area contributed by atoms with Crippen molar-refractivity contribution in [2.45, 2.75) is 37.4 Å². The first-order valence-corrected chi connectivity index (χ1v) is 12.1. The van der Waals surface area contributed by atoms with Gasteiger partial charge in [0.2, 0.25) is 0 Å². The van der Waals surface area contributed by atoms with E-state index in [2.05, 4.69) is 4.98 Å². The van der Waals surface area contributed by atoms with Crippen molar-refractivity contribution in [3.63, 3.8) is 0 Å². The molecular weight excluding hydrogens is 459 g/mol.